The molecule has 2 aliphatic rings. The maximum atomic E-state index is 12.1. The largest absolute Gasteiger partial charge is 0.481 e. The molecular formula is C13H23N3O3. The first kappa shape index (κ1) is 14.1. The fourth-order valence-electron chi connectivity index (χ4n) is 2.97. The predicted octanol–water partition coefficient (Wildman–Crippen LogP) is 0.633. The summed E-state index contributed by atoms with van der Waals surface area (Å²) in [4.78, 5) is 24.8. The standard InChI is InChI=1S/C13H23N3O3/c1-16(11-4-6-14-7-5-11)13(19)15-10-3-2-9(8-10)12(17)18/h9-11,14H,2-8H2,1H3,(H,15,19)(H,17,18)/t9-,10+/m1/s1. The molecule has 0 aromatic rings. The van der Waals surface area contributed by atoms with Crippen LogP contribution < -0.4 is 10.6 Å². The van der Waals surface area contributed by atoms with Crippen LogP contribution in [0, 0.1) is 5.92 Å². The van der Waals surface area contributed by atoms with Crippen LogP contribution in [0.3, 0.4) is 0 Å². The summed E-state index contributed by atoms with van der Waals surface area (Å²) in [5.41, 5.74) is 0. The van der Waals surface area contributed by atoms with E-state index in [1.807, 2.05) is 7.05 Å². The predicted molar refractivity (Wildman–Crippen MR) is 71.0 cm³/mol. The number of carbonyl (C=O) groups is 2. The van der Waals surface area contributed by atoms with Crippen molar-refractivity contribution in [1.82, 2.24) is 15.5 Å². The van der Waals surface area contributed by atoms with E-state index in [1.165, 1.54) is 0 Å². The average Bonchev–Trinajstić information content (AvgIpc) is 2.87. The van der Waals surface area contributed by atoms with Crippen LogP contribution in [0.1, 0.15) is 32.1 Å². The van der Waals surface area contributed by atoms with Crippen LogP contribution in [0.15, 0.2) is 0 Å². The Kier molecular flexibility index (Phi) is 4.63. The van der Waals surface area contributed by atoms with Gasteiger partial charge in [0.1, 0.15) is 0 Å². The summed E-state index contributed by atoms with van der Waals surface area (Å²) in [5.74, 6) is -1.04. The fraction of sp³-hybridized carbons (Fsp3) is 0.846. The first-order valence-corrected chi connectivity index (χ1v) is 7.04. The molecule has 0 spiro atoms. The first-order valence-electron chi connectivity index (χ1n) is 7.04. The number of rotatable bonds is 3. The van der Waals surface area contributed by atoms with Crippen molar-refractivity contribution in [2.24, 2.45) is 5.92 Å². The van der Waals surface area contributed by atoms with Gasteiger partial charge in [0.2, 0.25) is 0 Å². The van der Waals surface area contributed by atoms with Gasteiger partial charge in [0.25, 0.3) is 0 Å². The van der Waals surface area contributed by atoms with E-state index in [0.29, 0.717) is 12.8 Å². The Morgan fingerprint density at radius 2 is 1.89 bits per heavy atom. The monoisotopic (exact) mass is 269 g/mol. The van der Waals surface area contributed by atoms with E-state index < -0.39 is 5.97 Å². The van der Waals surface area contributed by atoms with Gasteiger partial charge in [-0.05, 0) is 45.2 Å². The lowest BCUT2D eigenvalue weighted by atomic mass is 10.1. The number of nitrogens with one attached hydrogen (secondary N) is 2. The van der Waals surface area contributed by atoms with E-state index >= 15 is 0 Å². The van der Waals surface area contributed by atoms with Crippen molar-refractivity contribution in [2.45, 2.75) is 44.2 Å². The highest BCUT2D eigenvalue weighted by Crippen LogP contribution is 2.25. The number of aliphatic carboxylic acids is 1. The molecular weight excluding hydrogens is 246 g/mol. The second-order valence-electron chi connectivity index (χ2n) is 5.59. The second kappa shape index (κ2) is 6.23. The van der Waals surface area contributed by atoms with Gasteiger partial charge in [-0.3, -0.25) is 4.79 Å². The number of carbonyl (C=O) groups excluding carboxylic acids is 1. The number of hydrogen-bond acceptors (Lipinski definition) is 3. The van der Waals surface area contributed by atoms with Gasteiger partial charge in [-0.1, -0.05) is 0 Å². The van der Waals surface area contributed by atoms with Crippen LogP contribution >= 0.6 is 0 Å². The Balaban J connectivity index is 1.79. The van der Waals surface area contributed by atoms with E-state index in [-0.39, 0.29) is 24.0 Å². The van der Waals surface area contributed by atoms with Gasteiger partial charge in [-0.2, -0.15) is 0 Å². The quantitative estimate of drug-likeness (QED) is 0.702. The van der Waals surface area contributed by atoms with Gasteiger partial charge < -0.3 is 20.6 Å². The highest BCUT2D eigenvalue weighted by molar-refractivity contribution is 5.75. The molecule has 0 aromatic heterocycles. The van der Waals surface area contributed by atoms with Crippen LogP contribution in [0.5, 0.6) is 0 Å². The summed E-state index contributed by atoms with van der Waals surface area (Å²) >= 11 is 0. The fourth-order valence-corrected chi connectivity index (χ4v) is 2.97. The summed E-state index contributed by atoms with van der Waals surface area (Å²) in [6.07, 6.45) is 3.94. The summed E-state index contributed by atoms with van der Waals surface area (Å²) < 4.78 is 0. The van der Waals surface area contributed by atoms with Crippen LogP contribution in [-0.4, -0.2) is 54.2 Å². The van der Waals surface area contributed by atoms with Crippen molar-refractivity contribution in [3.8, 4) is 0 Å². The van der Waals surface area contributed by atoms with Crippen LogP contribution in [0.4, 0.5) is 4.79 Å². The van der Waals surface area contributed by atoms with Crippen molar-refractivity contribution >= 4 is 12.0 Å². The molecule has 0 bridgehead atoms. The zero-order chi connectivity index (χ0) is 13.8. The zero-order valence-electron chi connectivity index (χ0n) is 11.4. The number of hydrogen-bond donors (Lipinski definition) is 3. The molecule has 108 valence electrons. The number of nitrogens with zero attached hydrogens (tertiary/aromatic N) is 1. The van der Waals surface area contributed by atoms with Crippen molar-refractivity contribution in [3.05, 3.63) is 0 Å². The minimum Gasteiger partial charge on any atom is -0.481 e. The summed E-state index contributed by atoms with van der Waals surface area (Å²) in [7, 11) is 1.83. The summed E-state index contributed by atoms with van der Waals surface area (Å²) in [6.45, 7) is 1.90. The Morgan fingerprint density at radius 1 is 1.21 bits per heavy atom. The molecule has 1 aliphatic carbocycles. The topological polar surface area (TPSA) is 81.7 Å². The number of carboxylic acids is 1. The average molecular weight is 269 g/mol. The van der Waals surface area contributed by atoms with Gasteiger partial charge in [0.05, 0.1) is 5.92 Å². The smallest absolute Gasteiger partial charge is 0.317 e. The second-order valence-corrected chi connectivity index (χ2v) is 5.59. The SMILES string of the molecule is CN(C(=O)N[C@H]1CC[C@@H](C(=O)O)C1)C1CCNCC1. The molecule has 2 amide bonds. The molecule has 1 aliphatic heterocycles. The highest BCUT2D eigenvalue weighted by atomic mass is 16.4. The van der Waals surface area contributed by atoms with Gasteiger partial charge in [-0.25, -0.2) is 4.79 Å². The van der Waals surface area contributed by atoms with E-state index in [4.69, 9.17) is 5.11 Å². The molecule has 0 unspecified atom stereocenters. The molecule has 3 N–H and O–H groups in total. The van der Waals surface area contributed by atoms with E-state index in [2.05, 4.69) is 10.6 Å². The highest BCUT2D eigenvalue weighted by Gasteiger charge is 2.32. The maximum absolute atomic E-state index is 12.1. The minimum absolute atomic E-state index is 0.0118. The van der Waals surface area contributed by atoms with Crippen LogP contribution in [-0.2, 0) is 4.79 Å². The Labute approximate surface area is 113 Å². The van der Waals surface area contributed by atoms with Crippen molar-refractivity contribution in [3.63, 3.8) is 0 Å². The lowest BCUT2D eigenvalue weighted by molar-refractivity contribution is -0.141. The van der Waals surface area contributed by atoms with E-state index in [1.54, 1.807) is 4.90 Å². The van der Waals surface area contributed by atoms with Crippen molar-refractivity contribution in [2.75, 3.05) is 20.1 Å². The molecule has 0 aromatic carbocycles. The van der Waals surface area contributed by atoms with Gasteiger partial charge >= 0.3 is 12.0 Å². The molecule has 2 rings (SSSR count). The maximum Gasteiger partial charge on any atom is 0.317 e. The van der Waals surface area contributed by atoms with Crippen molar-refractivity contribution in [1.29, 1.82) is 0 Å². The minimum atomic E-state index is -0.747. The Morgan fingerprint density at radius 3 is 2.47 bits per heavy atom. The molecule has 1 saturated heterocycles. The third-order valence-electron chi connectivity index (χ3n) is 4.29. The molecule has 1 saturated carbocycles. The van der Waals surface area contributed by atoms with Gasteiger partial charge in [0.15, 0.2) is 0 Å². The lowest BCUT2D eigenvalue weighted by Crippen LogP contribution is -2.49. The number of piperidine rings is 1. The molecule has 2 atom stereocenters. The number of amides is 2. The molecule has 6 nitrogen and oxygen atoms in total. The molecule has 6 heteroatoms. The van der Waals surface area contributed by atoms with E-state index in [0.717, 1.165) is 32.4 Å². The first-order chi connectivity index (χ1) is 9.08. The number of carboxylic acid groups (broad SMARTS) is 1. The van der Waals surface area contributed by atoms with E-state index in [9.17, 15) is 9.59 Å². The lowest BCUT2D eigenvalue weighted by Gasteiger charge is -2.32. The molecule has 0 radical (unpaired) electrons. The van der Waals surface area contributed by atoms with Gasteiger partial charge in [-0.15, -0.1) is 0 Å². The molecule has 19 heavy (non-hydrogen) atoms. The normalized spacial score (nSPS) is 28.1. The van der Waals surface area contributed by atoms with Crippen LogP contribution in [0.2, 0.25) is 0 Å². The third kappa shape index (κ3) is 3.59. The molecule has 1 heterocycles. The van der Waals surface area contributed by atoms with Gasteiger partial charge in [0, 0.05) is 19.1 Å². The number of urea groups is 1. The van der Waals surface area contributed by atoms with Crippen molar-refractivity contribution < 1.29 is 14.7 Å². The Bertz CT molecular complexity index is 342. The summed E-state index contributed by atoms with van der Waals surface area (Å²) in [5, 5.41) is 15.2. The molecule has 2 fully saturated rings. The summed E-state index contributed by atoms with van der Waals surface area (Å²) in [6, 6.07) is 0.235. The third-order valence-corrected chi connectivity index (χ3v) is 4.29. The zero-order valence-corrected chi connectivity index (χ0v) is 11.4. The Hall–Kier alpha value is -1.30. The van der Waals surface area contributed by atoms with Crippen LogP contribution in [0.25, 0.3) is 0 Å².